The third-order valence-corrected chi connectivity index (χ3v) is 2.48. The average Bonchev–Trinajstić information content (AvgIpc) is 2.50. The first-order valence-corrected chi connectivity index (χ1v) is 4.56. The molecule has 0 aromatic carbocycles. The van der Waals surface area contributed by atoms with E-state index >= 15 is 0 Å². The molecule has 0 aliphatic heterocycles. The zero-order valence-corrected chi connectivity index (χ0v) is 8.84. The molecule has 68 valence electrons. The van der Waals surface area contributed by atoms with Crippen molar-refractivity contribution in [2.24, 2.45) is 0 Å². The topological polar surface area (TPSA) is 50.8 Å². The van der Waals surface area contributed by atoms with Crippen LogP contribution in [0.25, 0.3) is 10.9 Å². The summed E-state index contributed by atoms with van der Waals surface area (Å²) >= 11 is 3.41. The molecule has 13 heavy (non-hydrogen) atoms. The SMILES string of the molecule is COc1ncc(Br)c2c(C)[nH]nc12. The maximum Gasteiger partial charge on any atom is 0.242 e. The van der Waals surface area contributed by atoms with Crippen LogP contribution >= 0.6 is 15.9 Å². The molecular weight excluding hydrogens is 234 g/mol. The largest absolute Gasteiger partial charge is 0.479 e. The van der Waals surface area contributed by atoms with E-state index in [1.807, 2.05) is 6.92 Å². The van der Waals surface area contributed by atoms with Gasteiger partial charge in [0.1, 0.15) is 0 Å². The third kappa shape index (κ3) is 1.19. The van der Waals surface area contributed by atoms with Gasteiger partial charge in [0.2, 0.25) is 5.88 Å². The molecule has 2 aromatic heterocycles. The van der Waals surface area contributed by atoms with Crippen LogP contribution in [0.5, 0.6) is 5.88 Å². The molecule has 4 nitrogen and oxygen atoms in total. The first-order chi connectivity index (χ1) is 6.24. The van der Waals surface area contributed by atoms with Gasteiger partial charge in [-0.2, -0.15) is 5.10 Å². The first kappa shape index (κ1) is 8.50. The van der Waals surface area contributed by atoms with E-state index in [-0.39, 0.29) is 0 Å². The normalized spacial score (nSPS) is 10.7. The Balaban J connectivity index is 2.87. The van der Waals surface area contributed by atoms with Crippen molar-refractivity contribution in [1.82, 2.24) is 15.2 Å². The zero-order chi connectivity index (χ0) is 9.42. The van der Waals surface area contributed by atoms with Crippen molar-refractivity contribution in [3.05, 3.63) is 16.4 Å². The van der Waals surface area contributed by atoms with Gasteiger partial charge in [0.15, 0.2) is 5.52 Å². The van der Waals surface area contributed by atoms with Crippen LogP contribution in [-0.4, -0.2) is 22.3 Å². The Morgan fingerprint density at radius 1 is 1.54 bits per heavy atom. The van der Waals surface area contributed by atoms with Gasteiger partial charge in [-0.1, -0.05) is 0 Å². The van der Waals surface area contributed by atoms with E-state index in [1.165, 1.54) is 0 Å². The highest BCUT2D eigenvalue weighted by molar-refractivity contribution is 9.10. The molecule has 2 aromatic rings. The molecule has 1 N–H and O–H groups in total. The quantitative estimate of drug-likeness (QED) is 0.832. The monoisotopic (exact) mass is 241 g/mol. The summed E-state index contributed by atoms with van der Waals surface area (Å²) in [6, 6.07) is 0. The number of ether oxygens (including phenoxy) is 1. The van der Waals surface area contributed by atoms with Gasteiger partial charge in [0.05, 0.1) is 7.11 Å². The lowest BCUT2D eigenvalue weighted by Gasteiger charge is -1.99. The van der Waals surface area contributed by atoms with Crippen LogP contribution in [0, 0.1) is 6.92 Å². The van der Waals surface area contributed by atoms with Crippen LogP contribution in [0.1, 0.15) is 5.69 Å². The standard InChI is InChI=1S/C8H8BrN3O/c1-4-6-5(9)3-10-8(13-2)7(6)12-11-4/h3H,1-2H3,(H,11,12). The Hall–Kier alpha value is -1.10. The molecule has 0 aliphatic rings. The van der Waals surface area contributed by atoms with Crippen molar-refractivity contribution in [3.63, 3.8) is 0 Å². The zero-order valence-electron chi connectivity index (χ0n) is 7.26. The van der Waals surface area contributed by atoms with Gasteiger partial charge < -0.3 is 4.74 Å². The molecule has 0 saturated carbocycles. The molecule has 0 amide bonds. The lowest BCUT2D eigenvalue weighted by atomic mass is 10.2. The lowest BCUT2D eigenvalue weighted by Crippen LogP contribution is -1.88. The van der Waals surface area contributed by atoms with E-state index < -0.39 is 0 Å². The first-order valence-electron chi connectivity index (χ1n) is 3.77. The Kier molecular flexibility index (Phi) is 1.95. The summed E-state index contributed by atoms with van der Waals surface area (Å²) in [6.07, 6.45) is 1.71. The molecule has 5 heteroatoms. The Morgan fingerprint density at radius 2 is 2.31 bits per heavy atom. The van der Waals surface area contributed by atoms with Gasteiger partial charge in [-0.15, -0.1) is 0 Å². The highest BCUT2D eigenvalue weighted by Gasteiger charge is 2.11. The minimum absolute atomic E-state index is 0.544. The van der Waals surface area contributed by atoms with Crippen molar-refractivity contribution in [2.45, 2.75) is 6.92 Å². The molecule has 2 rings (SSSR count). The van der Waals surface area contributed by atoms with Crippen LogP contribution in [0.15, 0.2) is 10.7 Å². The molecule has 0 spiro atoms. The summed E-state index contributed by atoms with van der Waals surface area (Å²) < 4.78 is 6.01. The number of aryl methyl sites for hydroxylation is 1. The fourth-order valence-corrected chi connectivity index (χ4v) is 1.85. The number of pyridine rings is 1. The molecule has 0 saturated heterocycles. The van der Waals surface area contributed by atoms with Gasteiger partial charge in [0, 0.05) is 21.7 Å². The van der Waals surface area contributed by atoms with E-state index in [9.17, 15) is 0 Å². The number of methoxy groups -OCH3 is 1. The Labute approximate surface area is 83.4 Å². The smallest absolute Gasteiger partial charge is 0.242 e. The minimum Gasteiger partial charge on any atom is -0.479 e. The summed E-state index contributed by atoms with van der Waals surface area (Å²) in [4.78, 5) is 4.09. The van der Waals surface area contributed by atoms with Crippen LogP contribution in [-0.2, 0) is 0 Å². The predicted octanol–water partition coefficient (Wildman–Crippen LogP) is 2.04. The Morgan fingerprint density at radius 3 is 3.00 bits per heavy atom. The fraction of sp³-hybridized carbons (Fsp3) is 0.250. The number of hydrogen-bond acceptors (Lipinski definition) is 3. The van der Waals surface area contributed by atoms with Crippen molar-refractivity contribution in [3.8, 4) is 5.88 Å². The summed E-state index contributed by atoms with van der Waals surface area (Å²) in [5, 5.41) is 8.02. The number of rotatable bonds is 1. The molecule has 0 bridgehead atoms. The summed E-state index contributed by atoms with van der Waals surface area (Å²) in [5.74, 6) is 0.544. The van der Waals surface area contributed by atoms with Crippen LogP contribution < -0.4 is 4.74 Å². The minimum atomic E-state index is 0.544. The number of nitrogens with one attached hydrogen (secondary N) is 1. The van der Waals surface area contributed by atoms with E-state index in [1.54, 1.807) is 13.3 Å². The van der Waals surface area contributed by atoms with E-state index in [4.69, 9.17) is 4.74 Å². The van der Waals surface area contributed by atoms with E-state index in [0.717, 1.165) is 21.1 Å². The third-order valence-electron chi connectivity index (χ3n) is 1.88. The van der Waals surface area contributed by atoms with Crippen LogP contribution in [0.4, 0.5) is 0 Å². The molecule has 0 unspecified atom stereocenters. The van der Waals surface area contributed by atoms with Crippen LogP contribution in [0.2, 0.25) is 0 Å². The van der Waals surface area contributed by atoms with Gasteiger partial charge in [-0.25, -0.2) is 4.98 Å². The number of hydrogen-bond donors (Lipinski definition) is 1. The lowest BCUT2D eigenvalue weighted by molar-refractivity contribution is 0.402. The number of aromatic nitrogens is 3. The second-order valence-corrected chi connectivity index (χ2v) is 3.54. The van der Waals surface area contributed by atoms with Gasteiger partial charge in [-0.3, -0.25) is 5.10 Å². The molecule has 0 atom stereocenters. The number of halogens is 1. The average molecular weight is 242 g/mol. The number of nitrogens with zero attached hydrogens (tertiary/aromatic N) is 2. The molecular formula is C8H8BrN3O. The van der Waals surface area contributed by atoms with E-state index in [2.05, 4.69) is 31.1 Å². The second-order valence-electron chi connectivity index (χ2n) is 2.69. The maximum absolute atomic E-state index is 5.08. The number of H-pyrrole nitrogens is 1. The van der Waals surface area contributed by atoms with Crippen molar-refractivity contribution >= 4 is 26.8 Å². The van der Waals surface area contributed by atoms with Gasteiger partial charge in [-0.05, 0) is 22.9 Å². The molecule has 0 fully saturated rings. The highest BCUT2D eigenvalue weighted by Crippen LogP contribution is 2.29. The Bertz CT molecular complexity index is 452. The maximum atomic E-state index is 5.08. The van der Waals surface area contributed by atoms with Gasteiger partial charge in [0.25, 0.3) is 0 Å². The van der Waals surface area contributed by atoms with E-state index in [0.29, 0.717) is 5.88 Å². The number of aromatic amines is 1. The molecule has 0 aliphatic carbocycles. The van der Waals surface area contributed by atoms with Crippen molar-refractivity contribution in [2.75, 3.05) is 7.11 Å². The van der Waals surface area contributed by atoms with Crippen molar-refractivity contribution in [1.29, 1.82) is 0 Å². The number of fused-ring (bicyclic) bond motifs is 1. The van der Waals surface area contributed by atoms with Crippen LogP contribution in [0.3, 0.4) is 0 Å². The highest BCUT2D eigenvalue weighted by atomic mass is 79.9. The molecule has 0 radical (unpaired) electrons. The molecule has 2 heterocycles. The predicted molar refractivity (Wildman–Crippen MR) is 52.9 cm³/mol. The summed E-state index contributed by atoms with van der Waals surface area (Å²) in [5.41, 5.74) is 1.76. The van der Waals surface area contributed by atoms with Crippen molar-refractivity contribution < 1.29 is 4.74 Å². The second kappa shape index (κ2) is 2.99. The fourth-order valence-electron chi connectivity index (χ4n) is 1.27. The van der Waals surface area contributed by atoms with Gasteiger partial charge >= 0.3 is 0 Å². The summed E-state index contributed by atoms with van der Waals surface area (Å²) in [6.45, 7) is 1.96. The summed E-state index contributed by atoms with van der Waals surface area (Å²) in [7, 11) is 1.58.